The molecule has 2 aromatic carbocycles. The Morgan fingerprint density at radius 2 is 1.84 bits per heavy atom. The molecular weight excluding hydrogens is 548 g/mol. The van der Waals surface area contributed by atoms with Gasteiger partial charge in [0.1, 0.15) is 6.33 Å². The summed E-state index contributed by atoms with van der Waals surface area (Å²) in [4.78, 5) is 33.0. The van der Waals surface area contributed by atoms with E-state index < -0.39 is 5.76 Å². The van der Waals surface area contributed by atoms with E-state index in [2.05, 4.69) is 34.1 Å². The summed E-state index contributed by atoms with van der Waals surface area (Å²) in [6.45, 7) is 4.49. The number of aliphatic hydroxyl groups excluding tert-OH is 1. The van der Waals surface area contributed by atoms with Gasteiger partial charge in [-0.3, -0.25) is 18.9 Å². The molecule has 0 unspecified atom stereocenters. The topological polar surface area (TPSA) is 141 Å². The van der Waals surface area contributed by atoms with E-state index in [9.17, 15) is 14.7 Å². The molecule has 1 saturated carbocycles. The molecule has 0 bridgehead atoms. The number of aromatic nitrogens is 6. The summed E-state index contributed by atoms with van der Waals surface area (Å²) in [6, 6.07) is 15.8. The first-order valence-electron chi connectivity index (χ1n) is 14.9. The van der Waals surface area contributed by atoms with Crippen molar-refractivity contribution >= 4 is 5.78 Å². The summed E-state index contributed by atoms with van der Waals surface area (Å²) in [7, 11) is 0. The van der Waals surface area contributed by atoms with Gasteiger partial charge in [0.05, 0.1) is 24.5 Å². The number of H-pyrrole nitrogens is 1. The molecule has 224 valence electrons. The molecule has 1 aliphatic rings. The molecule has 0 atom stereocenters. The summed E-state index contributed by atoms with van der Waals surface area (Å²) < 4.78 is 14.4. The van der Waals surface area contributed by atoms with Crippen molar-refractivity contribution in [3.63, 3.8) is 0 Å². The summed E-state index contributed by atoms with van der Waals surface area (Å²) in [5, 5.41) is 17.6. The quantitative estimate of drug-likeness (QED) is 0.247. The highest BCUT2D eigenvalue weighted by molar-refractivity contribution is 5.80. The number of benzene rings is 2. The van der Waals surface area contributed by atoms with Crippen LogP contribution in [0.2, 0.25) is 0 Å². The Kier molecular flexibility index (Phi) is 8.09. The standard InChI is InChI=1S/C32H36N6O5/c1-3-6-27-26(19-21-9-11-22(12-10-21)24-7-4-5-8-25(24)28-35-31(41)43-36-28)29(40)37(30-33-20-34-38(27)30)23-13-15-32(2,16-14-23)42-18-17-39/h4-5,7-12,20,23,39H,3,6,13-19H2,1-2H3,(H,35,36,41). The molecule has 1 aliphatic carbocycles. The third-order valence-electron chi connectivity index (χ3n) is 8.50. The van der Waals surface area contributed by atoms with Gasteiger partial charge in [0.15, 0.2) is 5.82 Å². The molecule has 1 fully saturated rings. The van der Waals surface area contributed by atoms with Crippen LogP contribution in [0.15, 0.2) is 69.0 Å². The summed E-state index contributed by atoms with van der Waals surface area (Å²) >= 11 is 0. The lowest BCUT2D eigenvalue weighted by atomic mass is 9.83. The van der Waals surface area contributed by atoms with Crippen LogP contribution >= 0.6 is 0 Å². The average Bonchev–Trinajstić information content (AvgIpc) is 3.69. The second-order valence-corrected chi connectivity index (χ2v) is 11.4. The van der Waals surface area contributed by atoms with E-state index in [0.717, 1.165) is 65.6 Å². The Morgan fingerprint density at radius 1 is 1.09 bits per heavy atom. The second-order valence-electron chi connectivity index (χ2n) is 11.4. The molecule has 0 amide bonds. The Labute approximate surface area is 248 Å². The molecule has 0 aliphatic heterocycles. The van der Waals surface area contributed by atoms with Crippen LogP contribution in [0.4, 0.5) is 0 Å². The third-order valence-corrected chi connectivity index (χ3v) is 8.50. The molecule has 11 nitrogen and oxygen atoms in total. The van der Waals surface area contributed by atoms with E-state index in [0.29, 0.717) is 31.1 Å². The fourth-order valence-electron chi connectivity index (χ4n) is 6.28. The lowest BCUT2D eigenvalue weighted by Crippen LogP contribution is -2.39. The number of aryl methyl sites for hydroxylation is 1. The van der Waals surface area contributed by atoms with Crippen molar-refractivity contribution in [2.75, 3.05) is 13.2 Å². The van der Waals surface area contributed by atoms with E-state index in [-0.39, 0.29) is 23.8 Å². The molecule has 6 rings (SSSR count). The van der Waals surface area contributed by atoms with Crippen LogP contribution in [-0.4, -0.2) is 53.2 Å². The first-order valence-corrected chi connectivity index (χ1v) is 14.9. The van der Waals surface area contributed by atoms with Crippen molar-refractivity contribution in [2.24, 2.45) is 0 Å². The molecule has 43 heavy (non-hydrogen) atoms. The van der Waals surface area contributed by atoms with E-state index in [1.165, 1.54) is 6.33 Å². The van der Waals surface area contributed by atoms with E-state index >= 15 is 0 Å². The Balaban J connectivity index is 1.33. The van der Waals surface area contributed by atoms with Gasteiger partial charge in [0, 0.05) is 23.6 Å². The van der Waals surface area contributed by atoms with Gasteiger partial charge in [-0.05, 0) is 55.7 Å². The van der Waals surface area contributed by atoms with Gasteiger partial charge in [-0.25, -0.2) is 9.31 Å². The molecule has 0 saturated heterocycles. The lowest BCUT2D eigenvalue weighted by molar-refractivity contribution is -0.0736. The largest absolute Gasteiger partial charge is 0.439 e. The van der Waals surface area contributed by atoms with E-state index in [4.69, 9.17) is 9.26 Å². The van der Waals surface area contributed by atoms with E-state index in [1.807, 2.05) is 57.6 Å². The van der Waals surface area contributed by atoms with Crippen LogP contribution in [0.1, 0.15) is 68.8 Å². The molecule has 5 aromatic rings. The molecule has 0 radical (unpaired) electrons. The van der Waals surface area contributed by atoms with Gasteiger partial charge in [0.25, 0.3) is 5.56 Å². The number of hydrogen-bond donors (Lipinski definition) is 2. The fourth-order valence-corrected chi connectivity index (χ4v) is 6.28. The molecule has 3 aromatic heterocycles. The maximum Gasteiger partial charge on any atom is 0.439 e. The van der Waals surface area contributed by atoms with Gasteiger partial charge in [-0.15, -0.1) is 0 Å². The highest BCUT2D eigenvalue weighted by Crippen LogP contribution is 2.37. The minimum absolute atomic E-state index is 0.00292. The zero-order valence-corrected chi connectivity index (χ0v) is 24.5. The van der Waals surface area contributed by atoms with Gasteiger partial charge < -0.3 is 9.84 Å². The number of aliphatic hydroxyl groups is 1. The normalized spacial score (nSPS) is 18.8. The number of rotatable bonds is 10. The van der Waals surface area contributed by atoms with Crippen molar-refractivity contribution < 1.29 is 14.4 Å². The van der Waals surface area contributed by atoms with Crippen molar-refractivity contribution in [3.05, 3.63) is 92.6 Å². The molecule has 0 spiro atoms. The summed E-state index contributed by atoms with van der Waals surface area (Å²) in [5.41, 5.74) is 4.94. The van der Waals surface area contributed by atoms with Crippen molar-refractivity contribution in [1.29, 1.82) is 0 Å². The number of fused-ring (bicyclic) bond motifs is 1. The zero-order valence-electron chi connectivity index (χ0n) is 24.5. The van der Waals surface area contributed by atoms with Crippen molar-refractivity contribution in [3.8, 4) is 22.5 Å². The van der Waals surface area contributed by atoms with Gasteiger partial charge in [-0.2, -0.15) is 10.1 Å². The highest BCUT2D eigenvalue weighted by atomic mass is 16.5. The maximum atomic E-state index is 14.3. The number of ether oxygens (including phenoxy) is 1. The minimum Gasteiger partial charge on any atom is -0.394 e. The SMILES string of the molecule is CCCc1c(Cc2ccc(-c3ccccc3-c3noc(=O)[nH]3)cc2)c(=O)n(C2CCC(C)(OCCO)CC2)c2ncnn12. The van der Waals surface area contributed by atoms with Gasteiger partial charge in [-0.1, -0.05) is 67.0 Å². The predicted molar refractivity (Wildman–Crippen MR) is 161 cm³/mol. The Morgan fingerprint density at radius 3 is 2.51 bits per heavy atom. The van der Waals surface area contributed by atoms with Crippen LogP contribution in [0.3, 0.4) is 0 Å². The first-order chi connectivity index (χ1) is 20.9. The number of nitrogens with one attached hydrogen (secondary N) is 1. The van der Waals surface area contributed by atoms with Crippen molar-refractivity contribution in [1.82, 2.24) is 29.3 Å². The third kappa shape index (κ3) is 5.70. The maximum absolute atomic E-state index is 14.3. The highest BCUT2D eigenvalue weighted by Gasteiger charge is 2.34. The lowest BCUT2D eigenvalue weighted by Gasteiger charge is -2.38. The molecule has 11 heteroatoms. The predicted octanol–water partition coefficient (Wildman–Crippen LogP) is 4.33. The van der Waals surface area contributed by atoms with Crippen LogP contribution in [0, 0.1) is 0 Å². The van der Waals surface area contributed by atoms with Crippen LogP contribution < -0.4 is 11.3 Å². The molecular formula is C32H36N6O5. The number of nitrogens with zero attached hydrogens (tertiary/aromatic N) is 5. The number of hydrogen-bond acceptors (Lipinski definition) is 8. The minimum atomic E-state index is -0.602. The Bertz CT molecular complexity index is 1830. The van der Waals surface area contributed by atoms with Crippen LogP contribution in [0.25, 0.3) is 28.3 Å². The fraction of sp³-hybridized carbons (Fsp3) is 0.406. The van der Waals surface area contributed by atoms with E-state index in [1.54, 1.807) is 0 Å². The van der Waals surface area contributed by atoms with Gasteiger partial charge in [0.2, 0.25) is 5.78 Å². The summed E-state index contributed by atoms with van der Waals surface area (Å²) in [6.07, 6.45) is 6.72. The molecule has 2 N–H and O–H groups in total. The zero-order chi connectivity index (χ0) is 30.0. The molecule has 3 heterocycles. The van der Waals surface area contributed by atoms with Gasteiger partial charge >= 0.3 is 5.76 Å². The average molecular weight is 585 g/mol. The first kappa shape index (κ1) is 28.8. The van der Waals surface area contributed by atoms with Crippen molar-refractivity contribution in [2.45, 2.75) is 70.4 Å². The summed E-state index contributed by atoms with van der Waals surface area (Å²) in [5.74, 6) is 0.355. The van der Waals surface area contributed by atoms with Crippen LogP contribution in [-0.2, 0) is 17.6 Å². The van der Waals surface area contributed by atoms with Crippen LogP contribution in [0.5, 0.6) is 0 Å². The Hall–Kier alpha value is -4.35. The number of aromatic amines is 1. The second kappa shape index (κ2) is 12.1. The monoisotopic (exact) mass is 584 g/mol. The smallest absolute Gasteiger partial charge is 0.394 e.